The topological polar surface area (TPSA) is 111 Å². The molecule has 3 fully saturated rings. The van der Waals surface area contributed by atoms with Crippen molar-refractivity contribution in [1.82, 2.24) is 25.5 Å². The quantitative estimate of drug-likeness (QED) is 0.592. The Morgan fingerprint density at radius 1 is 1.18 bits per heavy atom. The lowest BCUT2D eigenvalue weighted by molar-refractivity contribution is 0.171. The van der Waals surface area contributed by atoms with Crippen molar-refractivity contribution in [2.45, 2.75) is 62.4 Å². The van der Waals surface area contributed by atoms with Crippen LogP contribution in [0.1, 0.15) is 37.1 Å². The minimum atomic E-state index is -0.948. The fourth-order valence-electron chi connectivity index (χ4n) is 5.06. The van der Waals surface area contributed by atoms with Gasteiger partial charge in [0, 0.05) is 34.6 Å². The Hall–Kier alpha value is -3.16. The molecule has 3 aromatic rings. The number of alkyl halides is 1. The second kappa shape index (κ2) is 8.01. The fourth-order valence-corrected chi connectivity index (χ4v) is 5.67. The van der Waals surface area contributed by atoms with Crippen LogP contribution in [0.25, 0.3) is 22.5 Å². The summed E-state index contributed by atoms with van der Waals surface area (Å²) in [6.07, 6.45) is 5.33. The first-order valence-corrected chi connectivity index (χ1v) is 12.1. The molecule has 2 aliphatic heterocycles. The van der Waals surface area contributed by atoms with Crippen LogP contribution < -0.4 is 10.2 Å². The number of nitrogens with one attached hydrogen (secondary N) is 1. The molecule has 0 spiro atoms. The Morgan fingerprint density at radius 3 is 2.76 bits per heavy atom. The number of aromatic nitrogens is 4. The Labute approximate surface area is 194 Å². The van der Waals surface area contributed by atoms with Crippen molar-refractivity contribution >= 4 is 17.3 Å². The number of fused-ring (bicyclic) bond motifs is 2. The van der Waals surface area contributed by atoms with E-state index in [4.69, 9.17) is 5.26 Å². The van der Waals surface area contributed by atoms with Crippen LogP contribution >= 0.6 is 11.3 Å². The maximum absolute atomic E-state index is 15.2. The first-order chi connectivity index (χ1) is 16.1. The van der Waals surface area contributed by atoms with Gasteiger partial charge in [0.2, 0.25) is 5.95 Å². The van der Waals surface area contributed by atoms with Crippen molar-refractivity contribution in [2.75, 3.05) is 4.90 Å². The number of hydrogen-bond acceptors (Lipinski definition) is 9. The average Bonchev–Trinajstić information content (AvgIpc) is 3.39. The van der Waals surface area contributed by atoms with Crippen molar-refractivity contribution in [3.05, 3.63) is 34.8 Å². The molecule has 2 bridgehead atoms. The van der Waals surface area contributed by atoms with Crippen molar-refractivity contribution < 1.29 is 9.50 Å². The van der Waals surface area contributed by atoms with Crippen LogP contribution in [0.5, 0.6) is 5.75 Å². The van der Waals surface area contributed by atoms with Crippen molar-refractivity contribution in [1.29, 1.82) is 5.26 Å². The second-order valence-electron chi connectivity index (χ2n) is 8.96. The molecule has 2 aromatic heterocycles. The summed E-state index contributed by atoms with van der Waals surface area (Å²) in [7, 11) is 0. The predicted octanol–water partition coefficient (Wildman–Crippen LogP) is 3.44. The molecule has 10 heteroatoms. The average molecular weight is 464 g/mol. The Kier molecular flexibility index (Phi) is 4.96. The third kappa shape index (κ3) is 3.71. The maximum atomic E-state index is 15.2. The van der Waals surface area contributed by atoms with E-state index in [9.17, 15) is 5.11 Å². The molecular formula is C23H22FN7OS. The SMILES string of the molecule is N#Cc1nc(-c2ccc(-c3cnc(N(C4CC4)[C@H]4C[C@@H]5CC[C@H](N5)[C@H]4F)nn3)c(O)c2)cs1. The molecule has 2 saturated heterocycles. The lowest BCUT2D eigenvalue weighted by Crippen LogP contribution is -2.57. The lowest BCUT2D eigenvalue weighted by atomic mass is 9.96. The Morgan fingerprint density at radius 2 is 2.06 bits per heavy atom. The van der Waals surface area contributed by atoms with Crippen LogP contribution in [0.4, 0.5) is 10.3 Å². The van der Waals surface area contributed by atoms with E-state index >= 15 is 4.39 Å². The molecule has 0 amide bonds. The molecule has 8 nitrogen and oxygen atoms in total. The van der Waals surface area contributed by atoms with Crippen LogP contribution in [-0.2, 0) is 0 Å². The van der Waals surface area contributed by atoms with Crippen molar-refractivity contribution in [2.24, 2.45) is 0 Å². The molecule has 4 heterocycles. The van der Waals surface area contributed by atoms with Gasteiger partial charge in [-0.2, -0.15) is 5.26 Å². The largest absolute Gasteiger partial charge is 0.507 e. The zero-order chi connectivity index (χ0) is 22.5. The second-order valence-corrected chi connectivity index (χ2v) is 9.82. The summed E-state index contributed by atoms with van der Waals surface area (Å²) < 4.78 is 15.2. The minimum absolute atomic E-state index is 0.0284. The van der Waals surface area contributed by atoms with Gasteiger partial charge in [-0.05, 0) is 44.2 Å². The summed E-state index contributed by atoms with van der Waals surface area (Å²) in [5, 5.41) is 33.8. The van der Waals surface area contributed by atoms with E-state index < -0.39 is 6.17 Å². The lowest BCUT2D eigenvalue weighted by Gasteiger charge is -2.40. The third-order valence-electron chi connectivity index (χ3n) is 6.80. The molecule has 4 atom stereocenters. The molecular weight excluding hydrogens is 441 g/mol. The van der Waals surface area contributed by atoms with Gasteiger partial charge in [0.25, 0.3) is 0 Å². The van der Waals surface area contributed by atoms with Crippen molar-refractivity contribution in [3.63, 3.8) is 0 Å². The van der Waals surface area contributed by atoms with Gasteiger partial charge >= 0.3 is 0 Å². The number of phenolic OH excluding ortho intramolecular Hbond substituents is 1. The number of aromatic hydroxyl groups is 1. The number of benzene rings is 1. The van der Waals surface area contributed by atoms with E-state index in [-0.39, 0.29) is 23.9 Å². The van der Waals surface area contributed by atoms with E-state index in [1.54, 1.807) is 23.7 Å². The van der Waals surface area contributed by atoms with E-state index in [2.05, 4.69) is 25.5 Å². The summed E-state index contributed by atoms with van der Waals surface area (Å²) >= 11 is 1.26. The summed E-state index contributed by atoms with van der Waals surface area (Å²) in [5.41, 5.74) is 2.29. The number of piperidine rings is 1. The van der Waals surface area contributed by atoms with Gasteiger partial charge in [0.05, 0.1) is 17.9 Å². The highest BCUT2D eigenvalue weighted by Gasteiger charge is 2.48. The van der Waals surface area contributed by atoms with E-state index in [1.165, 1.54) is 11.3 Å². The Bertz CT molecular complexity index is 1220. The van der Waals surface area contributed by atoms with Crippen LogP contribution in [-0.4, -0.2) is 55.6 Å². The molecule has 3 aliphatic rings. The molecule has 1 saturated carbocycles. The molecule has 168 valence electrons. The maximum Gasteiger partial charge on any atom is 0.245 e. The highest BCUT2D eigenvalue weighted by Crippen LogP contribution is 2.39. The van der Waals surface area contributed by atoms with Crippen LogP contribution in [0.15, 0.2) is 29.8 Å². The first-order valence-electron chi connectivity index (χ1n) is 11.2. The van der Waals surface area contributed by atoms with Crippen LogP contribution in [0.2, 0.25) is 0 Å². The summed E-state index contributed by atoms with van der Waals surface area (Å²) in [6.45, 7) is 0. The number of nitrogens with zero attached hydrogens (tertiary/aromatic N) is 6. The number of halogens is 1. The number of hydrogen-bond donors (Lipinski definition) is 2. The predicted molar refractivity (Wildman–Crippen MR) is 121 cm³/mol. The zero-order valence-corrected chi connectivity index (χ0v) is 18.5. The van der Waals surface area contributed by atoms with Gasteiger partial charge in [0.15, 0.2) is 5.01 Å². The molecule has 1 aromatic carbocycles. The summed E-state index contributed by atoms with van der Waals surface area (Å²) in [4.78, 5) is 10.8. The molecule has 33 heavy (non-hydrogen) atoms. The van der Waals surface area contributed by atoms with Gasteiger partial charge in [-0.3, -0.25) is 0 Å². The van der Waals surface area contributed by atoms with E-state index in [0.29, 0.717) is 39.5 Å². The highest BCUT2D eigenvalue weighted by atomic mass is 32.1. The first kappa shape index (κ1) is 20.4. The third-order valence-corrected chi connectivity index (χ3v) is 7.55. The molecule has 0 unspecified atom stereocenters. The fraction of sp³-hybridized carbons (Fsp3) is 0.435. The van der Waals surface area contributed by atoms with Gasteiger partial charge in [-0.25, -0.2) is 14.4 Å². The highest BCUT2D eigenvalue weighted by molar-refractivity contribution is 7.10. The normalized spacial score (nSPS) is 26.2. The van der Waals surface area contributed by atoms with Gasteiger partial charge in [-0.15, -0.1) is 21.5 Å². The van der Waals surface area contributed by atoms with Gasteiger partial charge in [-0.1, -0.05) is 6.07 Å². The number of rotatable bonds is 5. The van der Waals surface area contributed by atoms with Crippen LogP contribution in [0, 0.1) is 11.3 Å². The number of thiazole rings is 1. The van der Waals surface area contributed by atoms with Crippen LogP contribution in [0.3, 0.4) is 0 Å². The van der Waals surface area contributed by atoms with E-state index in [1.807, 2.05) is 17.0 Å². The smallest absolute Gasteiger partial charge is 0.245 e. The molecule has 2 N–H and O–H groups in total. The number of anilines is 1. The summed E-state index contributed by atoms with van der Waals surface area (Å²) in [5.74, 6) is 0.485. The monoisotopic (exact) mass is 463 g/mol. The van der Waals surface area contributed by atoms with Crippen molar-refractivity contribution in [3.8, 4) is 34.3 Å². The molecule has 0 radical (unpaired) electrons. The minimum Gasteiger partial charge on any atom is -0.507 e. The Balaban J connectivity index is 1.26. The van der Waals surface area contributed by atoms with E-state index in [0.717, 1.165) is 32.1 Å². The number of nitriles is 1. The number of phenols is 1. The van der Waals surface area contributed by atoms with Gasteiger partial charge < -0.3 is 15.3 Å². The molecule has 1 aliphatic carbocycles. The summed E-state index contributed by atoms with van der Waals surface area (Å²) in [6, 6.07) is 7.48. The molecule has 6 rings (SSSR count). The standard InChI is InChI=1S/C23H22FN7OS/c24-22-16-6-2-13(27-16)8-19(22)31(14-3-4-14)23-26-10-17(29-30-23)15-5-1-12(7-20(15)32)18-11-33-21(9-25)28-18/h1,5,7,10-11,13-14,16,19,22,27,32H,2-4,6,8H2/t13-,16-,19-,22+/m0/s1. The zero-order valence-electron chi connectivity index (χ0n) is 17.7. The van der Waals surface area contributed by atoms with Gasteiger partial charge in [0.1, 0.15) is 23.7 Å².